The van der Waals surface area contributed by atoms with E-state index < -0.39 is 0 Å². The lowest BCUT2D eigenvalue weighted by Gasteiger charge is -2.11. The van der Waals surface area contributed by atoms with E-state index in [1.165, 1.54) is 0 Å². The minimum absolute atomic E-state index is 0.0666. The van der Waals surface area contributed by atoms with E-state index in [2.05, 4.69) is 5.32 Å². The summed E-state index contributed by atoms with van der Waals surface area (Å²) in [5, 5.41) is 2.80. The monoisotopic (exact) mass is 251 g/mol. The van der Waals surface area contributed by atoms with Gasteiger partial charge >= 0.3 is 0 Å². The summed E-state index contributed by atoms with van der Waals surface area (Å²) in [6.45, 7) is 4.93. The Balaban J connectivity index is 2.37. The number of nitrogens with one attached hydrogen (secondary N) is 1. The normalized spacial score (nSPS) is 9.94. The summed E-state index contributed by atoms with van der Waals surface area (Å²) in [6.07, 6.45) is 1.42. The maximum Gasteiger partial charge on any atom is 0.220 e. The predicted molar refractivity (Wildman–Crippen MR) is 71.1 cm³/mol. The minimum Gasteiger partial charge on any atom is -0.493 e. The van der Waals surface area contributed by atoms with E-state index in [-0.39, 0.29) is 5.91 Å². The van der Waals surface area contributed by atoms with Crippen LogP contribution in [0.25, 0.3) is 0 Å². The molecule has 0 heterocycles. The van der Waals surface area contributed by atoms with Gasteiger partial charge in [-0.25, -0.2) is 0 Å². The number of benzene rings is 1. The van der Waals surface area contributed by atoms with Crippen LogP contribution in [0.3, 0.4) is 0 Å². The Morgan fingerprint density at radius 2 is 2.11 bits per heavy atom. The molecule has 1 rings (SSSR count). The van der Waals surface area contributed by atoms with Gasteiger partial charge < -0.3 is 14.8 Å². The van der Waals surface area contributed by atoms with Gasteiger partial charge in [0.05, 0.1) is 13.7 Å². The van der Waals surface area contributed by atoms with Crippen molar-refractivity contribution in [1.82, 2.24) is 5.32 Å². The summed E-state index contributed by atoms with van der Waals surface area (Å²) < 4.78 is 10.8. The predicted octanol–water partition coefficient (Wildman–Crippen LogP) is 2.30. The fraction of sp³-hybridized carbons (Fsp3) is 0.500. The summed E-state index contributed by atoms with van der Waals surface area (Å²) in [7, 11) is 1.62. The second-order valence-electron chi connectivity index (χ2n) is 4.10. The largest absolute Gasteiger partial charge is 0.493 e. The maximum absolute atomic E-state index is 11.2. The van der Waals surface area contributed by atoms with Crippen LogP contribution in [0.1, 0.15) is 25.3 Å². The molecule has 18 heavy (non-hydrogen) atoms. The van der Waals surface area contributed by atoms with Gasteiger partial charge in [-0.1, -0.05) is 13.0 Å². The average molecular weight is 251 g/mol. The van der Waals surface area contributed by atoms with Gasteiger partial charge in [-0.2, -0.15) is 0 Å². The standard InChI is InChI=1S/C14H21NO3/c1-4-5-14(16)15-8-9-18-12-7-6-11(2)10-13(12)17-3/h6-7,10H,4-5,8-9H2,1-3H3,(H,15,16). The van der Waals surface area contributed by atoms with Gasteiger partial charge in [-0.05, 0) is 31.0 Å². The van der Waals surface area contributed by atoms with Crippen LogP contribution in [0.15, 0.2) is 18.2 Å². The number of rotatable bonds is 7. The highest BCUT2D eigenvalue weighted by Crippen LogP contribution is 2.27. The zero-order valence-corrected chi connectivity index (χ0v) is 11.3. The number of methoxy groups -OCH3 is 1. The van der Waals surface area contributed by atoms with Crippen LogP contribution in [0.4, 0.5) is 0 Å². The first kappa shape index (κ1) is 14.4. The lowest BCUT2D eigenvalue weighted by molar-refractivity contribution is -0.121. The highest BCUT2D eigenvalue weighted by atomic mass is 16.5. The van der Waals surface area contributed by atoms with E-state index in [1.54, 1.807) is 7.11 Å². The SMILES string of the molecule is CCCC(=O)NCCOc1ccc(C)cc1OC. The van der Waals surface area contributed by atoms with Crippen molar-refractivity contribution in [2.45, 2.75) is 26.7 Å². The molecule has 0 bridgehead atoms. The van der Waals surface area contributed by atoms with Crippen molar-refractivity contribution >= 4 is 5.91 Å². The van der Waals surface area contributed by atoms with Gasteiger partial charge in [0.2, 0.25) is 5.91 Å². The van der Waals surface area contributed by atoms with Crippen LogP contribution in [-0.2, 0) is 4.79 Å². The molecular formula is C14H21NO3. The molecule has 0 unspecified atom stereocenters. The molecule has 1 N–H and O–H groups in total. The third-order valence-corrected chi connectivity index (χ3v) is 2.48. The Labute approximate surface area is 108 Å². The van der Waals surface area contributed by atoms with Gasteiger partial charge in [-0.15, -0.1) is 0 Å². The first-order valence-electron chi connectivity index (χ1n) is 6.21. The van der Waals surface area contributed by atoms with E-state index in [9.17, 15) is 4.79 Å². The van der Waals surface area contributed by atoms with E-state index >= 15 is 0 Å². The molecule has 0 atom stereocenters. The Kier molecular flexibility index (Phi) is 6.05. The Morgan fingerprint density at radius 1 is 1.33 bits per heavy atom. The fourth-order valence-corrected chi connectivity index (χ4v) is 1.56. The molecule has 1 amide bonds. The summed E-state index contributed by atoms with van der Waals surface area (Å²) in [5.74, 6) is 1.49. The number of carbonyl (C=O) groups excluding carboxylic acids is 1. The van der Waals surface area contributed by atoms with Crippen molar-refractivity contribution < 1.29 is 14.3 Å². The van der Waals surface area contributed by atoms with Crippen LogP contribution in [0, 0.1) is 6.92 Å². The van der Waals surface area contributed by atoms with E-state index in [0.29, 0.717) is 25.3 Å². The lowest BCUT2D eigenvalue weighted by Crippen LogP contribution is -2.27. The molecule has 0 fully saturated rings. The number of hydrogen-bond donors (Lipinski definition) is 1. The van der Waals surface area contributed by atoms with Crippen LogP contribution < -0.4 is 14.8 Å². The Morgan fingerprint density at radius 3 is 2.78 bits per heavy atom. The van der Waals surface area contributed by atoms with Gasteiger partial charge in [0.25, 0.3) is 0 Å². The first-order valence-corrected chi connectivity index (χ1v) is 6.21. The van der Waals surface area contributed by atoms with Crippen molar-refractivity contribution in [3.05, 3.63) is 23.8 Å². The van der Waals surface area contributed by atoms with E-state index in [4.69, 9.17) is 9.47 Å². The molecule has 100 valence electrons. The van der Waals surface area contributed by atoms with Gasteiger partial charge in [-0.3, -0.25) is 4.79 Å². The molecule has 0 aliphatic carbocycles. The number of aryl methyl sites for hydroxylation is 1. The third kappa shape index (κ3) is 4.65. The molecule has 0 aromatic heterocycles. The highest BCUT2D eigenvalue weighted by Gasteiger charge is 2.04. The topological polar surface area (TPSA) is 47.6 Å². The number of ether oxygens (including phenoxy) is 2. The summed E-state index contributed by atoms with van der Waals surface area (Å²) >= 11 is 0. The van der Waals surface area contributed by atoms with Crippen LogP contribution in [0.5, 0.6) is 11.5 Å². The van der Waals surface area contributed by atoms with Crippen LogP contribution >= 0.6 is 0 Å². The second-order valence-corrected chi connectivity index (χ2v) is 4.10. The first-order chi connectivity index (χ1) is 8.67. The molecule has 4 heteroatoms. The highest BCUT2D eigenvalue weighted by molar-refractivity contribution is 5.75. The molecule has 1 aromatic rings. The summed E-state index contributed by atoms with van der Waals surface area (Å²) in [4.78, 5) is 11.2. The second kappa shape index (κ2) is 7.58. The van der Waals surface area contributed by atoms with Crippen molar-refractivity contribution in [1.29, 1.82) is 0 Å². The molecule has 0 saturated heterocycles. The fourth-order valence-electron chi connectivity index (χ4n) is 1.56. The zero-order chi connectivity index (χ0) is 13.4. The molecule has 0 aliphatic heterocycles. The minimum atomic E-state index is 0.0666. The number of amides is 1. The number of hydrogen-bond acceptors (Lipinski definition) is 3. The quantitative estimate of drug-likeness (QED) is 0.756. The van der Waals surface area contributed by atoms with E-state index in [1.807, 2.05) is 32.0 Å². The molecule has 4 nitrogen and oxygen atoms in total. The molecule has 1 aromatic carbocycles. The van der Waals surface area contributed by atoms with Crippen molar-refractivity contribution in [2.24, 2.45) is 0 Å². The lowest BCUT2D eigenvalue weighted by atomic mass is 10.2. The van der Waals surface area contributed by atoms with Gasteiger partial charge in [0.1, 0.15) is 6.61 Å². The van der Waals surface area contributed by atoms with Gasteiger partial charge in [0, 0.05) is 6.42 Å². The van der Waals surface area contributed by atoms with Gasteiger partial charge in [0.15, 0.2) is 11.5 Å². The molecule has 0 saturated carbocycles. The molecule has 0 aliphatic rings. The number of carbonyl (C=O) groups is 1. The zero-order valence-electron chi connectivity index (χ0n) is 11.3. The average Bonchev–Trinajstić information content (AvgIpc) is 2.36. The van der Waals surface area contributed by atoms with Crippen molar-refractivity contribution in [3.63, 3.8) is 0 Å². The van der Waals surface area contributed by atoms with E-state index in [0.717, 1.165) is 17.7 Å². The molecule has 0 radical (unpaired) electrons. The summed E-state index contributed by atoms with van der Waals surface area (Å²) in [5.41, 5.74) is 1.12. The molecule has 0 spiro atoms. The Bertz CT molecular complexity index is 391. The van der Waals surface area contributed by atoms with Crippen molar-refractivity contribution in [3.8, 4) is 11.5 Å². The summed E-state index contributed by atoms with van der Waals surface area (Å²) in [6, 6.07) is 5.76. The van der Waals surface area contributed by atoms with Crippen LogP contribution in [-0.4, -0.2) is 26.2 Å². The van der Waals surface area contributed by atoms with Crippen LogP contribution in [0.2, 0.25) is 0 Å². The maximum atomic E-state index is 11.2. The molecular weight excluding hydrogens is 230 g/mol. The smallest absolute Gasteiger partial charge is 0.220 e. The Hall–Kier alpha value is -1.71. The third-order valence-electron chi connectivity index (χ3n) is 2.48. The van der Waals surface area contributed by atoms with Crippen molar-refractivity contribution in [2.75, 3.05) is 20.3 Å².